The predicted molar refractivity (Wildman–Crippen MR) is 94.1 cm³/mol. The highest BCUT2D eigenvalue weighted by molar-refractivity contribution is 5.97. The highest BCUT2D eigenvalue weighted by Gasteiger charge is 2.54. The van der Waals surface area contributed by atoms with Crippen molar-refractivity contribution < 1.29 is 19.4 Å². The molecule has 25 heavy (non-hydrogen) atoms. The van der Waals surface area contributed by atoms with Crippen molar-refractivity contribution in [2.45, 2.75) is 58.2 Å². The Morgan fingerprint density at radius 1 is 1.16 bits per heavy atom. The topological polar surface area (TPSA) is 66.8 Å². The minimum Gasteiger partial charge on any atom is -0.480 e. The van der Waals surface area contributed by atoms with E-state index in [1.165, 1.54) is 4.90 Å². The van der Waals surface area contributed by atoms with E-state index in [1.807, 2.05) is 6.07 Å². The van der Waals surface area contributed by atoms with Crippen LogP contribution >= 0.6 is 0 Å². The molecule has 5 nitrogen and oxygen atoms in total. The smallest absolute Gasteiger partial charge is 0.328 e. The number of carboxylic acids is 1. The van der Waals surface area contributed by atoms with Crippen molar-refractivity contribution in [1.82, 2.24) is 4.90 Å². The zero-order valence-corrected chi connectivity index (χ0v) is 15.2. The molecule has 1 aromatic rings. The summed E-state index contributed by atoms with van der Waals surface area (Å²) in [5, 5.41) is 9.60. The molecule has 1 saturated heterocycles. The second kappa shape index (κ2) is 6.45. The Balaban J connectivity index is 1.88. The fourth-order valence-corrected chi connectivity index (χ4v) is 4.21. The van der Waals surface area contributed by atoms with E-state index in [0.29, 0.717) is 24.3 Å². The average molecular weight is 345 g/mol. The van der Waals surface area contributed by atoms with Crippen LogP contribution in [0, 0.1) is 11.3 Å². The van der Waals surface area contributed by atoms with Crippen LogP contribution in [0.2, 0.25) is 0 Å². The van der Waals surface area contributed by atoms with Gasteiger partial charge in [-0.25, -0.2) is 4.79 Å². The Morgan fingerprint density at radius 2 is 1.76 bits per heavy atom. The molecule has 1 N–H and O–H groups in total. The van der Waals surface area contributed by atoms with E-state index in [-0.39, 0.29) is 17.9 Å². The second-order valence-electron chi connectivity index (χ2n) is 8.29. The minimum absolute atomic E-state index is 0.0636. The lowest BCUT2D eigenvalue weighted by Gasteiger charge is -2.46. The molecule has 2 fully saturated rings. The summed E-state index contributed by atoms with van der Waals surface area (Å²) in [4.78, 5) is 26.3. The molecule has 136 valence electrons. The lowest BCUT2D eigenvalue weighted by Crippen LogP contribution is -2.55. The van der Waals surface area contributed by atoms with Gasteiger partial charge in [-0.1, -0.05) is 39.0 Å². The molecule has 1 aliphatic heterocycles. The first-order valence-corrected chi connectivity index (χ1v) is 9.00. The molecule has 1 aromatic carbocycles. The van der Waals surface area contributed by atoms with Gasteiger partial charge >= 0.3 is 5.97 Å². The van der Waals surface area contributed by atoms with Crippen molar-refractivity contribution in [1.29, 1.82) is 0 Å². The van der Waals surface area contributed by atoms with Crippen molar-refractivity contribution in [3.8, 4) is 0 Å². The maximum absolute atomic E-state index is 13.1. The van der Waals surface area contributed by atoms with Gasteiger partial charge in [-0.2, -0.15) is 0 Å². The molecule has 0 aromatic heterocycles. The number of aliphatic carboxylic acids is 1. The third kappa shape index (κ3) is 3.30. The molecular weight excluding hydrogens is 318 g/mol. The largest absolute Gasteiger partial charge is 0.480 e. The predicted octanol–water partition coefficient (Wildman–Crippen LogP) is 3.54. The van der Waals surface area contributed by atoms with Gasteiger partial charge in [-0.15, -0.1) is 0 Å². The van der Waals surface area contributed by atoms with Crippen LogP contribution in [0.3, 0.4) is 0 Å². The lowest BCUT2D eigenvalue weighted by molar-refractivity contribution is -0.144. The fraction of sp³-hybridized carbons (Fsp3) is 0.600. The Bertz CT molecular complexity index is 641. The van der Waals surface area contributed by atoms with Crippen molar-refractivity contribution in [2.75, 3.05) is 6.61 Å². The first-order chi connectivity index (χ1) is 11.7. The number of nitrogens with zero attached hydrogens (tertiary/aromatic N) is 1. The van der Waals surface area contributed by atoms with Crippen LogP contribution in [0.25, 0.3) is 0 Å². The van der Waals surface area contributed by atoms with Gasteiger partial charge < -0.3 is 9.84 Å². The van der Waals surface area contributed by atoms with Crippen LogP contribution in [-0.4, -0.2) is 40.3 Å². The van der Waals surface area contributed by atoms with Gasteiger partial charge in [-0.3, -0.25) is 9.69 Å². The number of benzene rings is 1. The molecule has 5 heteroatoms. The van der Waals surface area contributed by atoms with E-state index in [2.05, 4.69) is 20.8 Å². The van der Waals surface area contributed by atoms with E-state index in [9.17, 15) is 14.7 Å². The van der Waals surface area contributed by atoms with Crippen LogP contribution in [0.4, 0.5) is 0 Å². The molecule has 1 saturated carbocycles. The van der Waals surface area contributed by atoms with Crippen molar-refractivity contribution in [2.24, 2.45) is 11.3 Å². The van der Waals surface area contributed by atoms with Gasteiger partial charge in [-0.05, 0) is 49.1 Å². The third-order valence-corrected chi connectivity index (χ3v) is 5.78. The molecule has 2 aliphatic rings. The SMILES string of the molecule is CC(C)(C)C1CCC2(CC1)OC[C@@H](C(=O)O)N2C(=O)c1ccccc1. The molecule has 3 rings (SSSR count). The number of carbonyl (C=O) groups is 2. The summed E-state index contributed by atoms with van der Waals surface area (Å²) in [5.74, 6) is -0.696. The highest BCUT2D eigenvalue weighted by atomic mass is 16.5. The van der Waals surface area contributed by atoms with Gasteiger partial charge in [0.15, 0.2) is 6.04 Å². The molecule has 1 aliphatic carbocycles. The van der Waals surface area contributed by atoms with Crippen LogP contribution < -0.4 is 0 Å². The van der Waals surface area contributed by atoms with Crippen molar-refractivity contribution >= 4 is 11.9 Å². The highest BCUT2D eigenvalue weighted by Crippen LogP contribution is 2.47. The van der Waals surface area contributed by atoms with Crippen LogP contribution in [0.5, 0.6) is 0 Å². The van der Waals surface area contributed by atoms with E-state index >= 15 is 0 Å². The summed E-state index contributed by atoms with van der Waals surface area (Å²) >= 11 is 0. The fourth-order valence-electron chi connectivity index (χ4n) is 4.21. The normalized spacial score (nSPS) is 29.8. The first kappa shape index (κ1) is 17.9. The summed E-state index contributed by atoms with van der Waals surface area (Å²) in [6.45, 7) is 6.77. The van der Waals surface area contributed by atoms with Crippen molar-refractivity contribution in [3.05, 3.63) is 35.9 Å². The Labute approximate surface area is 149 Å². The molecule has 1 heterocycles. The summed E-state index contributed by atoms with van der Waals surface area (Å²) in [5.41, 5.74) is -0.0603. The van der Waals surface area contributed by atoms with Gasteiger partial charge in [0.05, 0.1) is 6.61 Å². The van der Waals surface area contributed by atoms with Gasteiger partial charge in [0.1, 0.15) is 5.72 Å². The third-order valence-electron chi connectivity index (χ3n) is 5.78. The molecule has 1 atom stereocenters. The molecule has 0 radical (unpaired) electrons. The summed E-state index contributed by atoms with van der Waals surface area (Å²) in [7, 11) is 0. The maximum Gasteiger partial charge on any atom is 0.328 e. The molecule has 0 unspecified atom stereocenters. The first-order valence-electron chi connectivity index (χ1n) is 9.00. The molecular formula is C20H27NO4. The van der Waals surface area contributed by atoms with E-state index < -0.39 is 17.7 Å². The second-order valence-corrected chi connectivity index (χ2v) is 8.29. The lowest BCUT2D eigenvalue weighted by atomic mass is 9.70. The monoisotopic (exact) mass is 345 g/mol. The Morgan fingerprint density at radius 3 is 2.28 bits per heavy atom. The van der Waals surface area contributed by atoms with E-state index in [4.69, 9.17) is 4.74 Å². The van der Waals surface area contributed by atoms with E-state index in [0.717, 1.165) is 12.8 Å². The number of carboxylic acid groups (broad SMARTS) is 1. The zero-order chi connectivity index (χ0) is 18.2. The summed E-state index contributed by atoms with van der Waals surface area (Å²) in [6, 6.07) is 7.98. The number of amides is 1. The Kier molecular flexibility index (Phi) is 4.62. The quantitative estimate of drug-likeness (QED) is 0.890. The summed E-state index contributed by atoms with van der Waals surface area (Å²) < 4.78 is 6.00. The molecule has 1 amide bonds. The number of carbonyl (C=O) groups excluding carboxylic acids is 1. The number of hydrogen-bond acceptors (Lipinski definition) is 3. The average Bonchev–Trinajstić information content (AvgIpc) is 2.93. The zero-order valence-electron chi connectivity index (χ0n) is 15.2. The van der Waals surface area contributed by atoms with Gasteiger partial charge in [0, 0.05) is 5.56 Å². The van der Waals surface area contributed by atoms with Gasteiger partial charge in [0.25, 0.3) is 5.91 Å². The van der Waals surface area contributed by atoms with Crippen LogP contribution in [0.15, 0.2) is 30.3 Å². The van der Waals surface area contributed by atoms with Gasteiger partial charge in [0.2, 0.25) is 0 Å². The molecule has 1 spiro atoms. The minimum atomic E-state index is -1.00. The number of hydrogen-bond donors (Lipinski definition) is 1. The van der Waals surface area contributed by atoms with E-state index in [1.54, 1.807) is 24.3 Å². The summed E-state index contributed by atoms with van der Waals surface area (Å²) in [6.07, 6.45) is 3.26. The van der Waals surface area contributed by atoms with Crippen LogP contribution in [0.1, 0.15) is 56.8 Å². The number of rotatable bonds is 2. The maximum atomic E-state index is 13.1. The molecule has 0 bridgehead atoms. The number of ether oxygens (including phenoxy) is 1. The van der Waals surface area contributed by atoms with Crippen molar-refractivity contribution in [3.63, 3.8) is 0 Å². The standard InChI is InChI=1S/C20H27NO4/c1-19(2,3)15-9-11-20(12-10-15)21(16(13-25-20)18(23)24)17(22)14-7-5-4-6-8-14/h4-8,15-16H,9-13H2,1-3H3,(H,23,24)/t15?,16-,20?/m0/s1. The Hall–Kier alpha value is -1.88. The van der Waals surface area contributed by atoms with Crippen LogP contribution in [-0.2, 0) is 9.53 Å².